The fourth-order valence-electron chi connectivity index (χ4n) is 1.18. The zero-order valence-electron chi connectivity index (χ0n) is 8.89. The summed E-state index contributed by atoms with van der Waals surface area (Å²) in [5.74, 6) is -3.29. The number of anilines is 1. The molecule has 18 heavy (non-hydrogen) atoms. The molecule has 100 valence electrons. The van der Waals surface area contributed by atoms with Crippen LogP contribution < -0.4 is 10.5 Å². The smallest absolute Gasteiger partial charge is 0.295 e. The largest absolute Gasteiger partial charge is 0.376 e. The fraction of sp³-hybridized carbons (Fsp3) is 0.250. The van der Waals surface area contributed by atoms with Gasteiger partial charge in [-0.25, -0.2) is 22.3 Å². The zero-order chi connectivity index (χ0) is 13.9. The molecule has 0 aliphatic carbocycles. The molecule has 3 N–H and O–H groups in total. The molecular formula is C8H9F2N3O4S. The van der Waals surface area contributed by atoms with Crippen molar-refractivity contribution in [1.82, 2.24) is 0 Å². The third-order valence-electron chi connectivity index (χ3n) is 1.96. The predicted octanol–water partition coefficient (Wildman–Crippen LogP) is 0.573. The van der Waals surface area contributed by atoms with Gasteiger partial charge in [0.25, 0.3) is 5.69 Å². The normalized spacial score (nSPS) is 11.3. The summed E-state index contributed by atoms with van der Waals surface area (Å²) in [7, 11) is -3.80. The number of rotatable bonds is 5. The first-order valence-corrected chi connectivity index (χ1v) is 6.30. The highest BCUT2D eigenvalue weighted by Gasteiger charge is 2.21. The second-order valence-corrected chi connectivity index (χ2v) is 5.04. The maximum absolute atomic E-state index is 13.3. The molecule has 0 radical (unpaired) electrons. The molecule has 1 rings (SSSR count). The van der Waals surface area contributed by atoms with Crippen molar-refractivity contribution in [1.29, 1.82) is 0 Å². The topological polar surface area (TPSA) is 115 Å². The number of sulfonamides is 1. The fourth-order valence-corrected chi connectivity index (χ4v) is 1.57. The number of nitrogens with zero attached hydrogens (tertiary/aromatic N) is 1. The van der Waals surface area contributed by atoms with Crippen molar-refractivity contribution >= 4 is 21.4 Å². The van der Waals surface area contributed by atoms with E-state index in [1.165, 1.54) is 0 Å². The number of nitrogens with two attached hydrogens (primary N) is 1. The summed E-state index contributed by atoms with van der Waals surface area (Å²) < 4.78 is 47.5. The van der Waals surface area contributed by atoms with E-state index in [1.54, 1.807) is 0 Å². The molecule has 0 atom stereocenters. The lowest BCUT2D eigenvalue weighted by Gasteiger charge is -2.07. The van der Waals surface area contributed by atoms with Gasteiger partial charge >= 0.3 is 0 Å². The van der Waals surface area contributed by atoms with Gasteiger partial charge in [-0.2, -0.15) is 0 Å². The highest BCUT2D eigenvalue weighted by atomic mass is 32.2. The maximum Gasteiger partial charge on any atom is 0.295 e. The van der Waals surface area contributed by atoms with Crippen LogP contribution in [0.2, 0.25) is 0 Å². The van der Waals surface area contributed by atoms with E-state index in [-0.39, 0.29) is 6.54 Å². The average Bonchev–Trinajstić information content (AvgIpc) is 2.22. The van der Waals surface area contributed by atoms with E-state index in [0.29, 0.717) is 6.07 Å². The standard InChI is InChI=1S/C8H9F2N3O4S/c9-5-1-2-6(13(14)15)8(7(5)10)12-3-4-18(11,16)17/h1-2,12H,3-4H2,(H2,11,16,17). The molecule has 0 saturated carbocycles. The summed E-state index contributed by atoms with van der Waals surface area (Å²) in [6.07, 6.45) is 0. The summed E-state index contributed by atoms with van der Waals surface area (Å²) in [4.78, 5) is 9.66. The monoisotopic (exact) mass is 281 g/mol. The first kappa shape index (κ1) is 14.3. The minimum Gasteiger partial charge on any atom is -0.376 e. The Morgan fingerprint density at radius 1 is 1.39 bits per heavy atom. The van der Waals surface area contributed by atoms with Gasteiger partial charge in [-0.1, -0.05) is 0 Å². The number of nitrogens with one attached hydrogen (secondary N) is 1. The van der Waals surface area contributed by atoms with E-state index < -0.39 is 43.7 Å². The Hall–Kier alpha value is -1.81. The predicted molar refractivity (Wildman–Crippen MR) is 59.5 cm³/mol. The van der Waals surface area contributed by atoms with Crippen LogP contribution in [0.1, 0.15) is 0 Å². The van der Waals surface area contributed by atoms with Gasteiger partial charge in [-0.05, 0) is 6.07 Å². The van der Waals surface area contributed by atoms with Gasteiger partial charge in [0, 0.05) is 12.6 Å². The number of nitro benzene ring substituents is 1. The molecule has 7 nitrogen and oxygen atoms in total. The van der Waals surface area contributed by atoms with E-state index in [1.807, 2.05) is 0 Å². The molecule has 1 aromatic carbocycles. The van der Waals surface area contributed by atoms with Gasteiger partial charge < -0.3 is 5.32 Å². The number of hydrogen-bond acceptors (Lipinski definition) is 5. The Bertz CT molecular complexity index is 576. The SMILES string of the molecule is NS(=O)(=O)CCNc1c([N+](=O)[O-])ccc(F)c1F. The van der Waals surface area contributed by atoms with Crippen LogP contribution >= 0.6 is 0 Å². The first-order chi connectivity index (χ1) is 8.22. The molecule has 0 spiro atoms. The molecule has 0 unspecified atom stereocenters. The number of nitro groups is 1. The molecule has 0 bridgehead atoms. The van der Waals surface area contributed by atoms with E-state index in [0.717, 1.165) is 6.07 Å². The third kappa shape index (κ3) is 3.60. The van der Waals surface area contributed by atoms with Crippen LogP contribution in [0.4, 0.5) is 20.2 Å². The maximum atomic E-state index is 13.3. The zero-order valence-corrected chi connectivity index (χ0v) is 9.71. The van der Waals surface area contributed by atoms with Crippen LogP contribution in [-0.4, -0.2) is 25.6 Å². The first-order valence-electron chi connectivity index (χ1n) is 4.59. The van der Waals surface area contributed by atoms with Crippen molar-refractivity contribution < 1.29 is 22.1 Å². The summed E-state index contributed by atoms with van der Waals surface area (Å²) in [6, 6.07) is 1.38. The van der Waals surface area contributed by atoms with Crippen molar-refractivity contribution in [2.24, 2.45) is 5.14 Å². The third-order valence-corrected chi connectivity index (χ3v) is 2.73. The van der Waals surface area contributed by atoms with Crippen molar-refractivity contribution in [3.05, 3.63) is 33.9 Å². The Morgan fingerprint density at radius 2 is 2.00 bits per heavy atom. The van der Waals surface area contributed by atoms with Crippen molar-refractivity contribution in [2.75, 3.05) is 17.6 Å². The highest BCUT2D eigenvalue weighted by molar-refractivity contribution is 7.89. The van der Waals surface area contributed by atoms with Crippen LogP contribution in [-0.2, 0) is 10.0 Å². The lowest BCUT2D eigenvalue weighted by molar-refractivity contribution is -0.384. The summed E-state index contributed by atoms with van der Waals surface area (Å²) in [6.45, 7) is -0.375. The lowest BCUT2D eigenvalue weighted by atomic mass is 10.2. The van der Waals surface area contributed by atoms with E-state index in [9.17, 15) is 27.3 Å². The van der Waals surface area contributed by atoms with Gasteiger partial charge in [0.05, 0.1) is 10.7 Å². The Kier molecular flexibility index (Phi) is 4.14. The number of halogens is 2. The Balaban J connectivity index is 2.99. The molecular weight excluding hydrogens is 272 g/mol. The number of hydrogen-bond donors (Lipinski definition) is 2. The van der Waals surface area contributed by atoms with Crippen LogP contribution in [0, 0.1) is 21.7 Å². The van der Waals surface area contributed by atoms with Crippen LogP contribution in [0.25, 0.3) is 0 Å². The minimum absolute atomic E-state index is 0.375. The Labute approximate surface area is 101 Å². The van der Waals surface area contributed by atoms with E-state index in [2.05, 4.69) is 5.32 Å². The second kappa shape index (κ2) is 5.23. The van der Waals surface area contributed by atoms with Gasteiger partial charge in [0.1, 0.15) is 0 Å². The van der Waals surface area contributed by atoms with E-state index >= 15 is 0 Å². The molecule has 0 fully saturated rings. The van der Waals surface area contributed by atoms with E-state index in [4.69, 9.17) is 5.14 Å². The summed E-state index contributed by atoms with van der Waals surface area (Å²) in [5, 5.41) is 17.4. The number of benzene rings is 1. The van der Waals surface area contributed by atoms with Gasteiger partial charge in [-0.3, -0.25) is 10.1 Å². The second-order valence-electron chi connectivity index (χ2n) is 3.31. The molecule has 10 heteroatoms. The summed E-state index contributed by atoms with van der Waals surface area (Å²) in [5.41, 5.74) is -1.40. The molecule has 0 heterocycles. The molecule has 0 saturated heterocycles. The van der Waals surface area contributed by atoms with Crippen molar-refractivity contribution in [3.8, 4) is 0 Å². The van der Waals surface area contributed by atoms with Gasteiger partial charge in [-0.15, -0.1) is 0 Å². The highest BCUT2D eigenvalue weighted by Crippen LogP contribution is 2.28. The molecule has 0 aliphatic rings. The van der Waals surface area contributed by atoms with Crippen molar-refractivity contribution in [3.63, 3.8) is 0 Å². The van der Waals surface area contributed by atoms with Crippen LogP contribution in [0.3, 0.4) is 0 Å². The lowest BCUT2D eigenvalue weighted by Crippen LogP contribution is -2.23. The quantitative estimate of drug-likeness (QED) is 0.604. The van der Waals surface area contributed by atoms with Gasteiger partial charge in [0.15, 0.2) is 17.3 Å². The van der Waals surface area contributed by atoms with Crippen LogP contribution in [0.15, 0.2) is 12.1 Å². The number of primary sulfonamides is 1. The average molecular weight is 281 g/mol. The summed E-state index contributed by atoms with van der Waals surface area (Å²) >= 11 is 0. The molecule has 0 aliphatic heterocycles. The minimum atomic E-state index is -3.80. The Morgan fingerprint density at radius 3 is 2.50 bits per heavy atom. The van der Waals surface area contributed by atoms with Crippen LogP contribution in [0.5, 0.6) is 0 Å². The molecule has 1 aromatic rings. The van der Waals surface area contributed by atoms with Crippen molar-refractivity contribution in [2.45, 2.75) is 0 Å². The molecule has 0 amide bonds. The molecule has 0 aromatic heterocycles. The van der Waals surface area contributed by atoms with Gasteiger partial charge in [0.2, 0.25) is 10.0 Å².